The molecule has 9 heteroatoms. The average Bonchev–Trinajstić information content (AvgIpc) is 2.83. The quantitative estimate of drug-likeness (QED) is 0.711. The zero-order chi connectivity index (χ0) is 21.2. The molecule has 154 valence electrons. The van der Waals surface area contributed by atoms with Crippen LogP contribution in [0.25, 0.3) is 5.70 Å². The highest BCUT2D eigenvalue weighted by Gasteiger charge is 2.34. The summed E-state index contributed by atoms with van der Waals surface area (Å²) >= 11 is 6.31. The number of halogens is 3. The van der Waals surface area contributed by atoms with E-state index in [0.717, 1.165) is 5.69 Å². The van der Waals surface area contributed by atoms with Gasteiger partial charge in [-0.15, -0.1) is 0 Å². The van der Waals surface area contributed by atoms with Crippen LogP contribution in [-0.4, -0.2) is 44.4 Å². The molecule has 0 saturated carbocycles. The molecule has 6 nitrogen and oxygen atoms in total. The van der Waals surface area contributed by atoms with Gasteiger partial charge in [0, 0.05) is 37.2 Å². The number of allylic oxidation sites excluding steroid dienone is 1. The number of aldehydes is 1. The minimum atomic E-state index is -3.09. The number of rotatable bonds is 5. The number of benzene rings is 1. The first kappa shape index (κ1) is 20.9. The van der Waals surface area contributed by atoms with Gasteiger partial charge < -0.3 is 20.3 Å². The number of aryl methyl sites for hydroxylation is 1. The molecule has 2 aromatic rings. The molecule has 3 rings (SSSR count). The van der Waals surface area contributed by atoms with E-state index in [-0.39, 0.29) is 11.5 Å². The summed E-state index contributed by atoms with van der Waals surface area (Å²) in [6.45, 7) is 0.292. The van der Waals surface area contributed by atoms with Crippen LogP contribution in [0.3, 0.4) is 0 Å². The Morgan fingerprint density at radius 2 is 2.10 bits per heavy atom. The summed E-state index contributed by atoms with van der Waals surface area (Å²) in [5.74, 6) is -3.26. The van der Waals surface area contributed by atoms with Crippen molar-refractivity contribution in [3.8, 4) is 0 Å². The molecular weight excluding hydrogens is 402 g/mol. The van der Waals surface area contributed by atoms with Gasteiger partial charge in [0.15, 0.2) is 18.7 Å². The number of anilines is 3. The molecule has 0 aliphatic carbocycles. The van der Waals surface area contributed by atoms with Gasteiger partial charge >= 0.3 is 0 Å². The van der Waals surface area contributed by atoms with E-state index in [2.05, 4.69) is 15.6 Å². The second kappa shape index (κ2) is 8.24. The number of hydrogen-bond donors (Lipinski definition) is 2. The Bertz CT molecular complexity index is 963. The lowest BCUT2D eigenvalue weighted by molar-refractivity contribution is -0.109. The third-order valence-corrected chi connectivity index (χ3v) is 4.88. The molecule has 0 fully saturated rings. The largest absolute Gasteiger partial charge is 0.482 e. The molecule has 1 aromatic carbocycles. The van der Waals surface area contributed by atoms with Crippen molar-refractivity contribution in [2.45, 2.75) is 12.8 Å². The number of carbonyl (C=O) groups excluding carboxylic acids is 1. The first-order valence-corrected chi connectivity index (χ1v) is 9.23. The summed E-state index contributed by atoms with van der Waals surface area (Å²) in [5, 5.41) is 6.36. The molecule has 1 aliphatic rings. The standard InChI is InChI=1S/C20H21ClF2N4O2/c1-12-18(21)15(6-7-24-12)26-13-4-5-16(27(2)3)14(8-13)19-17(9-28)29-11-20(22,23)10-25-19/h4-9,25H,10-11H2,1-3H3,(H,24,26). The highest BCUT2D eigenvalue weighted by Crippen LogP contribution is 2.34. The molecule has 0 spiro atoms. The van der Waals surface area contributed by atoms with E-state index < -0.39 is 19.1 Å². The Morgan fingerprint density at radius 3 is 2.79 bits per heavy atom. The molecule has 0 amide bonds. The lowest BCUT2D eigenvalue weighted by Gasteiger charge is -2.22. The monoisotopic (exact) mass is 422 g/mol. The normalized spacial score (nSPS) is 15.8. The van der Waals surface area contributed by atoms with E-state index in [9.17, 15) is 13.6 Å². The number of nitrogens with one attached hydrogen (secondary N) is 2. The Morgan fingerprint density at radius 1 is 1.34 bits per heavy atom. The first-order valence-electron chi connectivity index (χ1n) is 8.85. The molecule has 0 unspecified atom stereocenters. The Labute approximate surface area is 172 Å². The van der Waals surface area contributed by atoms with E-state index in [4.69, 9.17) is 16.3 Å². The maximum Gasteiger partial charge on any atom is 0.298 e. The van der Waals surface area contributed by atoms with Crippen LogP contribution in [0.2, 0.25) is 5.02 Å². The molecule has 29 heavy (non-hydrogen) atoms. The minimum absolute atomic E-state index is 0.166. The molecule has 0 bridgehead atoms. The smallest absolute Gasteiger partial charge is 0.298 e. The molecule has 1 aromatic heterocycles. The SMILES string of the molecule is Cc1nccc(Nc2ccc(N(C)C)c(C3=C(C=O)OCC(F)(F)CN3)c2)c1Cl. The molecule has 1 aliphatic heterocycles. The Kier molecular flexibility index (Phi) is 5.93. The number of alkyl halides is 2. The highest BCUT2D eigenvalue weighted by molar-refractivity contribution is 6.33. The summed E-state index contributed by atoms with van der Waals surface area (Å²) in [6.07, 6.45) is 2.07. The Hall–Kier alpha value is -2.87. The van der Waals surface area contributed by atoms with Gasteiger partial charge in [0.2, 0.25) is 0 Å². The van der Waals surface area contributed by atoms with E-state index in [1.807, 2.05) is 31.1 Å². The third-order valence-electron chi connectivity index (χ3n) is 4.41. The van der Waals surface area contributed by atoms with Crippen LogP contribution in [0.4, 0.5) is 25.8 Å². The van der Waals surface area contributed by atoms with Gasteiger partial charge in [0.05, 0.1) is 28.6 Å². The van der Waals surface area contributed by atoms with Gasteiger partial charge in [-0.05, 0) is 31.2 Å². The number of hydrogen-bond acceptors (Lipinski definition) is 6. The van der Waals surface area contributed by atoms with Gasteiger partial charge in [0.25, 0.3) is 5.92 Å². The van der Waals surface area contributed by atoms with Gasteiger partial charge in [-0.2, -0.15) is 0 Å². The van der Waals surface area contributed by atoms with Crippen LogP contribution in [0, 0.1) is 6.92 Å². The zero-order valence-electron chi connectivity index (χ0n) is 16.2. The minimum Gasteiger partial charge on any atom is -0.482 e. The Balaban J connectivity index is 2.06. The summed E-state index contributed by atoms with van der Waals surface area (Å²) < 4.78 is 32.7. The van der Waals surface area contributed by atoms with E-state index in [0.29, 0.717) is 33.9 Å². The van der Waals surface area contributed by atoms with Crippen molar-refractivity contribution in [3.63, 3.8) is 0 Å². The number of ether oxygens (including phenoxy) is 1. The lowest BCUT2D eigenvalue weighted by atomic mass is 10.1. The molecular formula is C20H21ClF2N4O2. The van der Waals surface area contributed by atoms with E-state index in [1.54, 1.807) is 25.3 Å². The van der Waals surface area contributed by atoms with Crippen LogP contribution in [0.5, 0.6) is 0 Å². The van der Waals surface area contributed by atoms with Gasteiger partial charge in [-0.1, -0.05) is 11.6 Å². The molecule has 2 N–H and O–H groups in total. The van der Waals surface area contributed by atoms with Gasteiger partial charge in [-0.3, -0.25) is 9.78 Å². The summed E-state index contributed by atoms with van der Waals surface area (Å²) in [4.78, 5) is 17.5. The second-order valence-corrected chi connectivity index (χ2v) is 7.24. The van der Waals surface area contributed by atoms with Crippen molar-refractivity contribution >= 4 is 40.6 Å². The first-order chi connectivity index (χ1) is 13.7. The van der Waals surface area contributed by atoms with Crippen molar-refractivity contribution in [2.24, 2.45) is 0 Å². The lowest BCUT2D eigenvalue weighted by Crippen LogP contribution is -2.33. The number of nitrogens with zero attached hydrogens (tertiary/aromatic N) is 2. The maximum absolute atomic E-state index is 13.8. The fourth-order valence-corrected chi connectivity index (χ4v) is 3.10. The van der Waals surface area contributed by atoms with E-state index >= 15 is 0 Å². The molecule has 0 atom stereocenters. The van der Waals surface area contributed by atoms with Crippen LogP contribution in [0.1, 0.15) is 11.3 Å². The predicted octanol–water partition coefficient (Wildman–Crippen LogP) is 3.98. The molecule has 0 radical (unpaired) electrons. The van der Waals surface area contributed by atoms with E-state index in [1.165, 1.54) is 0 Å². The fourth-order valence-electron chi connectivity index (χ4n) is 2.94. The molecule has 0 saturated heterocycles. The van der Waals surface area contributed by atoms with Gasteiger partial charge in [0.1, 0.15) is 0 Å². The third kappa shape index (κ3) is 4.59. The average molecular weight is 423 g/mol. The molecule has 2 heterocycles. The zero-order valence-corrected chi connectivity index (χ0v) is 17.0. The summed E-state index contributed by atoms with van der Waals surface area (Å²) in [7, 11) is 3.64. The second-order valence-electron chi connectivity index (χ2n) is 6.86. The maximum atomic E-state index is 13.8. The van der Waals surface area contributed by atoms with Gasteiger partial charge in [-0.25, -0.2) is 8.78 Å². The topological polar surface area (TPSA) is 66.5 Å². The van der Waals surface area contributed by atoms with Crippen molar-refractivity contribution in [1.82, 2.24) is 10.3 Å². The van der Waals surface area contributed by atoms with Crippen molar-refractivity contribution in [3.05, 3.63) is 52.5 Å². The highest BCUT2D eigenvalue weighted by atomic mass is 35.5. The fraction of sp³-hybridized carbons (Fsp3) is 0.300. The van der Waals surface area contributed by atoms with Crippen LogP contribution < -0.4 is 15.5 Å². The van der Waals surface area contributed by atoms with Crippen LogP contribution in [-0.2, 0) is 9.53 Å². The van der Waals surface area contributed by atoms with Crippen molar-refractivity contribution in [2.75, 3.05) is 37.5 Å². The summed E-state index contributed by atoms with van der Waals surface area (Å²) in [6, 6.07) is 7.14. The van der Waals surface area contributed by atoms with Crippen molar-refractivity contribution < 1.29 is 18.3 Å². The summed E-state index contributed by atoms with van der Waals surface area (Å²) in [5.41, 5.74) is 3.47. The number of aromatic nitrogens is 1. The number of pyridine rings is 1. The van der Waals surface area contributed by atoms with Crippen LogP contribution in [0.15, 0.2) is 36.2 Å². The predicted molar refractivity (Wildman–Crippen MR) is 110 cm³/mol. The number of carbonyl (C=O) groups is 1. The van der Waals surface area contributed by atoms with Crippen molar-refractivity contribution in [1.29, 1.82) is 0 Å². The van der Waals surface area contributed by atoms with Crippen LogP contribution >= 0.6 is 11.6 Å².